The van der Waals surface area contributed by atoms with Gasteiger partial charge in [0.15, 0.2) is 5.41 Å². The normalized spacial score (nSPS) is 22.4. The fourth-order valence-electron chi connectivity index (χ4n) is 3.60. The average Bonchev–Trinajstić information content (AvgIpc) is 3.07. The van der Waals surface area contributed by atoms with Gasteiger partial charge in [0.2, 0.25) is 11.8 Å². The Bertz CT molecular complexity index is 713. The average molecular weight is 450 g/mol. The Balaban J connectivity index is 2.23. The molecular formula is C18H23BrF3N3O2. The Labute approximate surface area is 164 Å². The molecule has 3 unspecified atom stereocenters. The Kier molecular flexibility index (Phi) is 6.57. The van der Waals surface area contributed by atoms with Crippen LogP contribution in [0.15, 0.2) is 28.7 Å². The molecule has 9 heteroatoms. The number of amides is 2. The second-order valence-electron chi connectivity index (χ2n) is 6.76. The van der Waals surface area contributed by atoms with Gasteiger partial charge in [-0.15, -0.1) is 0 Å². The fourth-order valence-corrected chi connectivity index (χ4v) is 4.02. The largest absolute Gasteiger partial charge is 0.404 e. The van der Waals surface area contributed by atoms with Gasteiger partial charge >= 0.3 is 6.18 Å². The monoisotopic (exact) mass is 449 g/mol. The molecule has 1 aromatic carbocycles. The molecule has 1 aromatic rings. The number of alkyl halides is 3. The summed E-state index contributed by atoms with van der Waals surface area (Å²) in [5.41, 5.74) is 4.40. The third-order valence-electron chi connectivity index (χ3n) is 5.22. The second kappa shape index (κ2) is 8.18. The van der Waals surface area contributed by atoms with E-state index in [0.29, 0.717) is 6.42 Å². The van der Waals surface area contributed by atoms with Crippen molar-refractivity contribution in [3.8, 4) is 0 Å². The van der Waals surface area contributed by atoms with E-state index in [-0.39, 0.29) is 12.5 Å². The molecule has 0 spiro atoms. The highest BCUT2D eigenvalue weighted by atomic mass is 79.9. The first-order valence-corrected chi connectivity index (χ1v) is 9.45. The third kappa shape index (κ3) is 4.13. The van der Waals surface area contributed by atoms with Crippen LogP contribution in [0, 0.1) is 5.41 Å². The molecule has 2 amide bonds. The highest BCUT2D eigenvalue weighted by Crippen LogP contribution is 2.46. The highest BCUT2D eigenvalue weighted by molar-refractivity contribution is 9.10. The van der Waals surface area contributed by atoms with Gasteiger partial charge in [0.25, 0.3) is 0 Å². The van der Waals surface area contributed by atoms with Crippen LogP contribution >= 0.6 is 15.9 Å². The van der Waals surface area contributed by atoms with Crippen molar-refractivity contribution < 1.29 is 22.8 Å². The molecule has 1 aliphatic rings. The number of hydrogen-bond acceptors (Lipinski definition) is 3. The predicted octanol–water partition coefficient (Wildman–Crippen LogP) is 2.80. The number of likely N-dealkylation sites (tertiary alicyclic amines) is 1. The van der Waals surface area contributed by atoms with Crippen molar-refractivity contribution in [2.45, 2.75) is 37.9 Å². The summed E-state index contributed by atoms with van der Waals surface area (Å²) >= 11 is 3.37. The molecule has 0 saturated carbocycles. The first-order chi connectivity index (χ1) is 12.6. The second-order valence-corrected chi connectivity index (χ2v) is 7.68. The van der Waals surface area contributed by atoms with Crippen LogP contribution < -0.4 is 11.1 Å². The van der Waals surface area contributed by atoms with E-state index >= 15 is 0 Å². The Morgan fingerprint density at radius 2 is 2.07 bits per heavy atom. The quantitative estimate of drug-likeness (QED) is 0.725. The lowest BCUT2D eigenvalue weighted by Gasteiger charge is -2.31. The maximum Gasteiger partial charge on any atom is 0.404 e. The van der Waals surface area contributed by atoms with Crippen molar-refractivity contribution in [1.29, 1.82) is 0 Å². The number of nitrogens with two attached hydrogens (primary N) is 1. The molecule has 27 heavy (non-hydrogen) atoms. The van der Waals surface area contributed by atoms with Gasteiger partial charge in [-0.3, -0.25) is 9.59 Å². The maximum atomic E-state index is 13.6. The standard InChI is InChI=1S/C18H23BrF3N3O2/c1-3-13(11-5-4-6-12(19)9-11)14(23)15(26)25-8-7-17(10-25,16(27)24-2)18(20,21)22/h4-6,9,13-14H,3,7-8,10,23H2,1-2H3,(H,24,27). The third-order valence-corrected chi connectivity index (χ3v) is 5.71. The van der Waals surface area contributed by atoms with Crippen LogP contribution in [-0.2, 0) is 9.59 Å². The zero-order valence-corrected chi connectivity index (χ0v) is 16.7. The summed E-state index contributed by atoms with van der Waals surface area (Å²) in [5, 5.41) is 2.08. The van der Waals surface area contributed by atoms with Gasteiger partial charge in [0.05, 0.1) is 6.04 Å². The minimum atomic E-state index is -4.75. The molecule has 0 aliphatic carbocycles. The molecule has 3 N–H and O–H groups in total. The minimum absolute atomic E-state index is 0.158. The number of nitrogens with zero attached hydrogens (tertiary/aromatic N) is 1. The molecule has 1 aliphatic heterocycles. The molecule has 150 valence electrons. The summed E-state index contributed by atoms with van der Waals surface area (Å²) < 4.78 is 41.6. The topological polar surface area (TPSA) is 75.4 Å². The van der Waals surface area contributed by atoms with Gasteiger partial charge in [0, 0.05) is 30.5 Å². The van der Waals surface area contributed by atoms with Gasteiger partial charge in [-0.05, 0) is 30.5 Å². The van der Waals surface area contributed by atoms with Crippen LogP contribution in [0.2, 0.25) is 0 Å². The summed E-state index contributed by atoms with van der Waals surface area (Å²) in [6.45, 7) is 0.999. The summed E-state index contributed by atoms with van der Waals surface area (Å²) in [4.78, 5) is 25.8. The smallest absolute Gasteiger partial charge is 0.358 e. The van der Waals surface area contributed by atoms with Crippen LogP contribution in [0.5, 0.6) is 0 Å². The van der Waals surface area contributed by atoms with E-state index in [2.05, 4.69) is 21.2 Å². The molecule has 1 fully saturated rings. The first kappa shape index (κ1) is 21.7. The number of hydrogen-bond donors (Lipinski definition) is 2. The van der Waals surface area contributed by atoms with E-state index in [1.54, 1.807) is 0 Å². The first-order valence-electron chi connectivity index (χ1n) is 8.66. The van der Waals surface area contributed by atoms with Crippen molar-refractivity contribution in [3.63, 3.8) is 0 Å². The van der Waals surface area contributed by atoms with Gasteiger partial charge < -0.3 is 16.0 Å². The van der Waals surface area contributed by atoms with E-state index in [0.717, 1.165) is 22.0 Å². The van der Waals surface area contributed by atoms with E-state index in [4.69, 9.17) is 5.73 Å². The minimum Gasteiger partial charge on any atom is -0.358 e. The van der Waals surface area contributed by atoms with Gasteiger partial charge in [-0.2, -0.15) is 13.2 Å². The van der Waals surface area contributed by atoms with Crippen LogP contribution in [0.3, 0.4) is 0 Å². The van der Waals surface area contributed by atoms with E-state index in [1.807, 2.05) is 31.2 Å². The summed E-state index contributed by atoms with van der Waals surface area (Å²) in [6.07, 6.45) is -4.67. The lowest BCUT2D eigenvalue weighted by Crippen LogP contribution is -2.53. The van der Waals surface area contributed by atoms with Crippen LogP contribution in [0.1, 0.15) is 31.2 Å². The number of carbonyl (C=O) groups is 2. The van der Waals surface area contributed by atoms with Gasteiger partial charge in [0.1, 0.15) is 0 Å². The summed E-state index contributed by atoms with van der Waals surface area (Å²) in [5.74, 6) is -2.04. The Morgan fingerprint density at radius 1 is 1.41 bits per heavy atom. The van der Waals surface area contributed by atoms with Gasteiger partial charge in [-0.1, -0.05) is 35.0 Å². The maximum absolute atomic E-state index is 13.6. The molecule has 1 heterocycles. The lowest BCUT2D eigenvalue weighted by atomic mass is 9.85. The molecule has 0 aromatic heterocycles. The lowest BCUT2D eigenvalue weighted by molar-refractivity contribution is -0.217. The van der Waals surface area contributed by atoms with Crippen molar-refractivity contribution >= 4 is 27.7 Å². The highest BCUT2D eigenvalue weighted by Gasteiger charge is 2.63. The van der Waals surface area contributed by atoms with Gasteiger partial charge in [-0.25, -0.2) is 0 Å². The summed E-state index contributed by atoms with van der Waals surface area (Å²) in [6, 6.07) is 6.34. The van der Waals surface area contributed by atoms with Crippen molar-refractivity contribution in [2.24, 2.45) is 11.1 Å². The predicted molar refractivity (Wildman–Crippen MR) is 98.9 cm³/mol. The number of nitrogens with one attached hydrogen (secondary N) is 1. The number of carbonyl (C=O) groups excluding carboxylic acids is 2. The molecular weight excluding hydrogens is 427 g/mol. The van der Waals surface area contributed by atoms with Crippen LogP contribution in [-0.4, -0.2) is 49.1 Å². The fraction of sp³-hybridized carbons (Fsp3) is 0.556. The molecule has 0 bridgehead atoms. The van der Waals surface area contributed by atoms with E-state index in [1.165, 1.54) is 0 Å². The summed E-state index contributed by atoms with van der Waals surface area (Å²) in [7, 11) is 1.16. The Morgan fingerprint density at radius 3 is 2.59 bits per heavy atom. The molecule has 1 saturated heterocycles. The van der Waals surface area contributed by atoms with Crippen LogP contribution in [0.4, 0.5) is 13.2 Å². The van der Waals surface area contributed by atoms with Crippen molar-refractivity contribution in [1.82, 2.24) is 10.2 Å². The van der Waals surface area contributed by atoms with Crippen molar-refractivity contribution in [3.05, 3.63) is 34.3 Å². The van der Waals surface area contributed by atoms with Crippen LogP contribution in [0.25, 0.3) is 0 Å². The number of benzene rings is 1. The van der Waals surface area contributed by atoms with E-state index in [9.17, 15) is 22.8 Å². The number of halogens is 4. The van der Waals surface area contributed by atoms with Crippen molar-refractivity contribution in [2.75, 3.05) is 20.1 Å². The molecule has 0 radical (unpaired) electrons. The molecule has 3 atom stereocenters. The zero-order chi connectivity index (χ0) is 20.4. The molecule has 5 nitrogen and oxygen atoms in total. The number of rotatable bonds is 5. The molecule has 2 rings (SSSR count). The SMILES string of the molecule is CCC(c1cccc(Br)c1)C(N)C(=O)N1CCC(C(=O)NC)(C(F)(F)F)C1. The Hall–Kier alpha value is -1.61. The zero-order valence-electron chi connectivity index (χ0n) is 15.1. The van der Waals surface area contributed by atoms with E-state index < -0.39 is 42.4 Å².